The number of piperidine rings is 1. The zero-order chi connectivity index (χ0) is 9.97. The number of anilines is 2. The van der Waals surface area contributed by atoms with E-state index in [9.17, 15) is 0 Å². The predicted octanol–water partition coefficient (Wildman–Crippen LogP) is -0.140. The van der Waals surface area contributed by atoms with E-state index in [0.29, 0.717) is 11.9 Å². The van der Waals surface area contributed by atoms with Gasteiger partial charge in [-0.15, -0.1) is 0 Å². The molecule has 1 aromatic heterocycles. The van der Waals surface area contributed by atoms with Gasteiger partial charge in [-0.2, -0.15) is 0 Å². The molecule has 1 fully saturated rings. The van der Waals surface area contributed by atoms with Crippen molar-refractivity contribution in [2.45, 2.75) is 12.8 Å². The molecule has 6 heteroatoms. The summed E-state index contributed by atoms with van der Waals surface area (Å²) >= 11 is 0. The molecule has 0 atom stereocenters. The molecule has 3 N–H and O–H groups in total. The van der Waals surface area contributed by atoms with E-state index in [2.05, 4.69) is 10.2 Å². The van der Waals surface area contributed by atoms with Gasteiger partial charge < -0.3 is 20.2 Å². The van der Waals surface area contributed by atoms with Crippen LogP contribution in [0.4, 0.5) is 12.0 Å². The highest BCUT2D eigenvalue weighted by Crippen LogP contribution is 2.21. The minimum atomic E-state index is 0.101. The Balaban J connectivity index is 1.95. The molecule has 6 nitrogen and oxygen atoms in total. The molecule has 14 heavy (non-hydrogen) atoms. The van der Waals surface area contributed by atoms with Gasteiger partial charge in [-0.1, -0.05) is 10.2 Å². The number of aromatic nitrogens is 2. The molecular weight excluding hydrogens is 184 g/mol. The van der Waals surface area contributed by atoms with Crippen LogP contribution >= 0.6 is 0 Å². The summed E-state index contributed by atoms with van der Waals surface area (Å²) in [4.78, 5) is 2.00. The number of hydrogen-bond acceptors (Lipinski definition) is 6. The quantitative estimate of drug-likeness (QED) is 0.687. The number of aliphatic hydroxyl groups is 1. The third kappa shape index (κ3) is 1.79. The Kier molecular flexibility index (Phi) is 2.53. The van der Waals surface area contributed by atoms with Crippen molar-refractivity contribution in [2.75, 3.05) is 30.3 Å². The second-order valence-electron chi connectivity index (χ2n) is 3.54. The van der Waals surface area contributed by atoms with Crippen molar-refractivity contribution in [3.05, 3.63) is 0 Å². The maximum atomic E-state index is 8.96. The van der Waals surface area contributed by atoms with Crippen molar-refractivity contribution >= 4 is 12.0 Å². The van der Waals surface area contributed by atoms with E-state index in [-0.39, 0.29) is 12.6 Å². The van der Waals surface area contributed by atoms with E-state index in [1.54, 1.807) is 0 Å². The molecule has 78 valence electrons. The summed E-state index contributed by atoms with van der Waals surface area (Å²) in [7, 11) is 0. The van der Waals surface area contributed by atoms with Gasteiger partial charge in [-0.25, -0.2) is 0 Å². The van der Waals surface area contributed by atoms with Gasteiger partial charge in [0.15, 0.2) is 0 Å². The van der Waals surface area contributed by atoms with Crippen molar-refractivity contribution in [2.24, 2.45) is 5.92 Å². The minimum absolute atomic E-state index is 0.101. The maximum Gasteiger partial charge on any atom is 0.319 e. The predicted molar refractivity (Wildman–Crippen MR) is 50.7 cm³/mol. The van der Waals surface area contributed by atoms with Crippen molar-refractivity contribution in [3.63, 3.8) is 0 Å². The zero-order valence-electron chi connectivity index (χ0n) is 7.89. The highest BCUT2D eigenvalue weighted by molar-refractivity contribution is 5.28. The molecule has 1 aliphatic heterocycles. The molecule has 1 saturated heterocycles. The Hall–Kier alpha value is -1.30. The number of nitrogen functional groups attached to an aromatic ring is 1. The first-order valence-corrected chi connectivity index (χ1v) is 4.74. The third-order valence-electron chi connectivity index (χ3n) is 2.57. The molecule has 0 amide bonds. The molecule has 0 unspecified atom stereocenters. The largest absolute Gasteiger partial charge is 0.396 e. The van der Waals surface area contributed by atoms with Crippen LogP contribution in [0, 0.1) is 5.92 Å². The van der Waals surface area contributed by atoms with Gasteiger partial charge in [0, 0.05) is 19.7 Å². The van der Waals surface area contributed by atoms with Crippen molar-refractivity contribution in [1.82, 2.24) is 10.2 Å². The average molecular weight is 198 g/mol. The third-order valence-corrected chi connectivity index (χ3v) is 2.57. The lowest BCUT2D eigenvalue weighted by molar-refractivity contribution is 0.201. The van der Waals surface area contributed by atoms with E-state index in [0.717, 1.165) is 25.9 Å². The molecule has 2 rings (SSSR count). The van der Waals surface area contributed by atoms with Crippen LogP contribution in [0.3, 0.4) is 0 Å². The lowest BCUT2D eigenvalue weighted by atomic mass is 9.98. The molecular formula is C8H14N4O2. The Labute approximate surface area is 81.7 Å². The fourth-order valence-electron chi connectivity index (χ4n) is 1.66. The topological polar surface area (TPSA) is 88.4 Å². The average Bonchev–Trinajstić information content (AvgIpc) is 2.65. The summed E-state index contributed by atoms with van der Waals surface area (Å²) in [5, 5.41) is 16.4. The maximum absolute atomic E-state index is 8.96. The first-order chi connectivity index (χ1) is 6.79. The monoisotopic (exact) mass is 198 g/mol. The summed E-state index contributed by atoms with van der Waals surface area (Å²) in [6, 6.07) is 0.586. The van der Waals surface area contributed by atoms with Crippen LogP contribution in [0.1, 0.15) is 12.8 Å². The van der Waals surface area contributed by atoms with Crippen LogP contribution in [0.2, 0.25) is 0 Å². The Morgan fingerprint density at radius 2 is 2.14 bits per heavy atom. The first kappa shape index (κ1) is 9.26. The van der Waals surface area contributed by atoms with Gasteiger partial charge >= 0.3 is 12.0 Å². The normalized spacial score (nSPS) is 18.8. The van der Waals surface area contributed by atoms with Crippen LogP contribution < -0.4 is 10.6 Å². The first-order valence-electron chi connectivity index (χ1n) is 4.74. The second kappa shape index (κ2) is 3.83. The van der Waals surface area contributed by atoms with Crippen LogP contribution in [0.15, 0.2) is 4.42 Å². The Morgan fingerprint density at radius 1 is 1.43 bits per heavy atom. The van der Waals surface area contributed by atoms with E-state index in [1.807, 2.05) is 4.90 Å². The molecule has 0 aliphatic carbocycles. The smallest absolute Gasteiger partial charge is 0.319 e. The van der Waals surface area contributed by atoms with E-state index < -0.39 is 0 Å². The molecule has 1 aromatic rings. The van der Waals surface area contributed by atoms with Gasteiger partial charge in [0.1, 0.15) is 0 Å². The van der Waals surface area contributed by atoms with Gasteiger partial charge in [0.05, 0.1) is 0 Å². The standard InChI is InChI=1S/C8H14N4O2/c9-7-10-11-8(14-7)12-3-1-6(5-13)2-4-12/h6,13H,1-5H2,(H2,9,10). The second-order valence-corrected chi connectivity index (χ2v) is 3.54. The number of rotatable bonds is 2. The fourth-order valence-corrected chi connectivity index (χ4v) is 1.66. The Morgan fingerprint density at radius 3 is 2.64 bits per heavy atom. The summed E-state index contributed by atoms with van der Waals surface area (Å²) in [5.74, 6) is 0.409. The number of hydrogen-bond donors (Lipinski definition) is 2. The molecule has 0 aromatic carbocycles. The van der Waals surface area contributed by atoms with Gasteiger partial charge in [0.25, 0.3) is 0 Å². The molecule has 0 spiro atoms. The minimum Gasteiger partial charge on any atom is -0.396 e. The zero-order valence-corrected chi connectivity index (χ0v) is 7.89. The molecule has 0 saturated carbocycles. The van der Waals surface area contributed by atoms with Crippen molar-refractivity contribution < 1.29 is 9.52 Å². The van der Waals surface area contributed by atoms with Crippen molar-refractivity contribution in [1.29, 1.82) is 0 Å². The van der Waals surface area contributed by atoms with Crippen LogP contribution in [-0.2, 0) is 0 Å². The fraction of sp³-hybridized carbons (Fsp3) is 0.750. The SMILES string of the molecule is Nc1nnc(N2CCC(CO)CC2)o1. The number of aliphatic hydroxyl groups excluding tert-OH is 1. The van der Waals surface area contributed by atoms with Crippen LogP contribution in [-0.4, -0.2) is 35.0 Å². The van der Waals surface area contributed by atoms with Gasteiger partial charge in [-0.3, -0.25) is 0 Å². The summed E-state index contributed by atoms with van der Waals surface area (Å²) in [5.41, 5.74) is 5.33. The van der Waals surface area contributed by atoms with Crippen LogP contribution in [0.25, 0.3) is 0 Å². The highest BCUT2D eigenvalue weighted by Gasteiger charge is 2.21. The van der Waals surface area contributed by atoms with E-state index in [4.69, 9.17) is 15.3 Å². The van der Waals surface area contributed by atoms with Gasteiger partial charge in [-0.05, 0) is 18.8 Å². The van der Waals surface area contributed by atoms with Gasteiger partial charge in [0.2, 0.25) is 0 Å². The lowest BCUT2D eigenvalue weighted by Crippen LogP contribution is -2.34. The summed E-state index contributed by atoms with van der Waals surface area (Å²) < 4.78 is 5.11. The number of nitrogens with zero attached hydrogens (tertiary/aromatic N) is 3. The van der Waals surface area contributed by atoms with E-state index in [1.165, 1.54) is 0 Å². The molecule has 0 radical (unpaired) electrons. The van der Waals surface area contributed by atoms with E-state index >= 15 is 0 Å². The highest BCUT2D eigenvalue weighted by atomic mass is 16.4. The van der Waals surface area contributed by atoms with Crippen LogP contribution in [0.5, 0.6) is 0 Å². The summed E-state index contributed by atoms with van der Waals surface area (Å²) in [6.45, 7) is 1.94. The molecule has 2 heterocycles. The summed E-state index contributed by atoms with van der Waals surface area (Å²) in [6.07, 6.45) is 1.91. The molecule has 1 aliphatic rings. The lowest BCUT2D eigenvalue weighted by Gasteiger charge is -2.29. The Bertz CT molecular complexity index is 293. The molecule has 0 bridgehead atoms. The van der Waals surface area contributed by atoms with Crippen molar-refractivity contribution in [3.8, 4) is 0 Å². The number of nitrogens with two attached hydrogens (primary N) is 1.